The van der Waals surface area contributed by atoms with Crippen molar-refractivity contribution >= 4 is 18.3 Å². The number of nitrogens with zero attached hydrogens (tertiary/aromatic N) is 2. The van der Waals surface area contributed by atoms with Crippen molar-refractivity contribution in [1.29, 1.82) is 0 Å². The molecule has 1 aromatic heterocycles. The van der Waals surface area contributed by atoms with Gasteiger partial charge in [-0.2, -0.15) is 4.98 Å². The normalized spacial score (nSPS) is 15.5. The quantitative estimate of drug-likeness (QED) is 0.694. The van der Waals surface area contributed by atoms with Gasteiger partial charge in [-0.05, 0) is 43.0 Å². The van der Waals surface area contributed by atoms with Crippen LogP contribution in [0, 0.1) is 5.92 Å². The first-order valence-corrected chi connectivity index (χ1v) is 9.75. The second-order valence-electron chi connectivity index (χ2n) is 6.98. The van der Waals surface area contributed by atoms with E-state index in [0.717, 1.165) is 12.8 Å². The largest absolute Gasteiger partial charge is 0.485 e. The molecule has 0 saturated heterocycles. The molecule has 1 saturated carbocycles. The highest BCUT2D eigenvalue weighted by atomic mass is 35.5. The van der Waals surface area contributed by atoms with Crippen LogP contribution in [0.4, 0.5) is 0 Å². The number of carbonyl (C=O) groups is 1. The van der Waals surface area contributed by atoms with Gasteiger partial charge in [0, 0.05) is 24.6 Å². The lowest BCUT2D eigenvalue weighted by Gasteiger charge is -2.30. The van der Waals surface area contributed by atoms with Gasteiger partial charge in [-0.15, -0.1) is 12.4 Å². The molecule has 1 aromatic carbocycles. The standard InChI is InChI=1S/C20H28N4O3.ClH/c1-2-19-23-18(24-27-19)13-26-16-10-8-15(9-11-16)20(25)22-17(12-21)14-6-4-3-5-7-14;/h8-11,14,17H,2-7,12-13,21H2,1H3,(H,22,25);1H. The third-order valence-corrected chi connectivity index (χ3v) is 5.09. The fourth-order valence-electron chi connectivity index (χ4n) is 3.50. The number of amides is 1. The van der Waals surface area contributed by atoms with Crippen molar-refractivity contribution in [3.8, 4) is 5.75 Å². The molecule has 28 heavy (non-hydrogen) atoms. The fraction of sp³-hybridized carbons (Fsp3) is 0.550. The minimum atomic E-state index is -0.0895. The molecule has 1 aliphatic rings. The van der Waals surface area contributed by atoms with E-state index in [4.69, 9.17) is 15.0 Å². The van der Waals surface area contributed by atoms with Gasteiger partial charge in [0.25, 0.3) is 5.91 Å². The van der Waals surface area contributed by atoms with E-state index in [1.54, 1.807) is 24.3 Å². The molecule has 8 heteroatoms. The molecule has 1 heterocycles. The summed E-state index contributed by atoms with van der Waals surface area (Å²) >= 11 is 0. The summed E-state index contributed by atoms with van der Waals surface area (Å²) in [5.74, 6) is 2.14. The number of nitrogens with two attached hydrogens (primary N) is 1. The zero-order valence-electron chi connectivity index (χ0n) is 16.2. The maximum Gasteiger partial charge on any atom is 0.251 e. The van der Waals surface area contributed by atoms with Crippen molar-refractivity contribution in [2.45, 2.75) is 58.1 Å². The Morgan fingerprint density at radius 1 is 1.29 bits per heavy atom. The van der Waals surface area contributed by atoms with Crippen molar-refractivity contribution in [3.63, 3.8) is 0 Å². The average molecular weight is 409 g/mol. The number of ether oxygens (including phenoxy) is 1. The van der Waals surface area contributed by atoms with E-state index < -0.39 is 0 Å². The minimum absolute atomic E-state index is 0. The summed E-state index contributed by atoms with van der Waals surface area (Å²) < 4.78 is 10.7. The highest BCUT2D eigenvalue weighted by Gasteiger charge is 2.24. The predicted molar refractivity (Wildman–Crippen MR) is 109 cm³/mol. The lowest BCUT2D eigenvalue weighted by molar-refractivity contribution is 0.0915. The second-order valence-corrected chi connectivity index (χ2v) is 6.98. The van der Waals surface area contributed by atoms with Gasteiger partial charge in [0.1, 0.15) is 5.75 Å². The van der Waals surface area contributed by atoms with Crippen molar-refractivity contribution in [2.24, 2.45) is 11.7 Å². The maximum atomic E-state index is 12.5. The van der Waals surface area contributed by atoms with Crippen LogP contribution in [0.15, 0.2) is 28.8 Å². The molecule has 1 aliphatic carbocycles. The van der Waals surface area contributed by atoms with Gasteiger partial charge < -0.3 is 20.3 Å². The Morgan fingerprint density at radius 2 is 2.00 bits per heavy atom. The zero-order chi connectivity index (χ0) is 19.1. The third-order valence-electron chi connectivity index (χ3n) is 5.09. The first-order valence-electron chi connectivity index (χ1n) is 9.75. The van der Waals surface area contributed by atoms with E-state index in [-0.39, 0.29) is 31.0 Å². The summed E-state index contributed by atoms with van der Waals surface area (Å²) in [6, 6.07) is 7.10. The second kappa shape index (κ2) is 11.0. The topological polar surface area (TPSA) is 103 Å². The van der Waals surface area contributed by atoms with Crippen LogP contribution in [0.2, 0.25) is 0 Å². The molecule has 1 atom stereocenters. The lowest BCUT2D eigenvalue weighted by Crippen LogP contribution is -2.45. The van der Waals surface area contributed by atoms with Gasteiger partial charge in [0.2, 0.25) is 11.7 Å². The molecular formula is C20H29ClN4O3. The van der Waals surface area contributed by atoms with Crippen LogP contribution >= 0.6 is 12.4 Å². The third kappa shape index (κ3) is 5.94. The molecule has 0 bridgehead atoms. The molecule has 1 fully saturated rings. The van der Waals surface area contributed by atoms with Crippen LogP contribution in [-0.2, 0) is 13.0 Å². The van der Waals surface area contributed by atoms with Crippen LogP contribution < -0.4 is 15.8 Å². The number of carbonyl (C=O) groups excluding carboxylic acids is 1. The highest BCUT2D eigenvalue weighted by molar-refractivity contribution is 5.94. The smallest absolute Gasteiger partial charge is 0.251 e. The lowest BCUT2D eigenvalue weighted by atomic mass is 9.84. The predicted octanol–water partition coefficient (Wildman–Crippen LogP) is 3.27. The molecule has 3 rings (SSSR count). The van der Waals surface area contributed by atoms with Gasteiger partial charge in [0.15, 0.2) is 6.61 Å². The number of aryl methyl sites for hydroxylation is 1. The minimum Gasteiger partial charge on any atom is -0.485 e. The first kappa shape index (κ1) is 22.2. The number of rotatable bonds is 8. The molecule has 0 spiro atoms. The Labute approximate surface area is 171 Å². The van der Waals surface area contributed by atoms with E-state index in [1.165, 1.54) is 19.3 Å². The fourth-order valence-corrected chi connectivity index (χ4v) is 3.50. The van der Waals surface area contributed by atoms with Crippen molar-refractivity contribution < 1.29 is 14.1 Å². The number of halogens is 1. The molecule has 3 N–H and O–H groups in total. The Balaban J connectivity index is 0.00000280. The summed E-state index contributed by atoms with van der Waals surface area (Å²) in [5.41, 5.74) is 6.51. The molecule has 154 valence electrons. The van der Waals surface area contributed by atoms with Crippen LogP contribution in [0.3, 0.4) is 0 Å². The van der Waals surface area contributed by atoms with E-state index in [9.17, 15) is 4.79 Å². The first-order chi connectivity index (χ1) is 13.2. The number of aromatic nitrogens is 2. The van der Waals surface area contributed by atoms with Crippen LogP contribution in [0.1, 0.15) is 61.1 Å². The van der Waals surface area contributed by atoms with E-state index in [2.05, 4.69) is 15.5 Å². The van der Waals surface area contributed by atoms with Crippen LogP contribution in [-0.4, -0.2) is 28.6 Å². The van der Waals surface area contributed by atoms with Crippen LogP contribution in [0.5, 0.6) is 5.75 Å². The molecule has 0 aliphatic heterocycles. The molecule has 2 aromatic rings. The molecule has 1 amide bonds. The number of hydrogen-bond acceptors (Lipinski definition) is 6. The zero-order valence-corrected chi connectivity index (χ0v) is 17.0. The monoisotopic (exact) mass is 408 g/mol. The Kier molecular flexibility index (Phi) is 8.73. The van der Waals surface area contributed by atoms with Gasteiger partial charge in [-0.3, -0.25) is 4.79 Å². The number of benzene rings is 1. The van der Waals surface area contributed by atoms with Crippen molar-refractivity contribution in [1.82, 2.24) is 15.5 Å². The van der Waals surface area contributed by atoms with E-state index >= 15 is 0 Å². The molecule has 7 nitrogen and oxygen atoms in total. The molecule has 0 radical (unpaired) electrons. The number of hydrogen-bond donors (Lipinski definition) is 2. The van der Waals surface area contributed by atoms with Crippen LogP contribution in [0.25, 0.3) is 0 Å². The van der Waals surface area contributed by atoms with Gasteiger partial charge >= 0.3 is 0 Å². The molecular weight excluding hydrogens is 380 g/mol. The Hall–Kier alpha value is -2.12. The SMILES string of the molecule is CCc1nc(COc2ccc(C(=O)NC(CN)C3CCCCC3)cc2)no1.Cl. The molecule has 1 unspecified atom stereocenters. The number of nitrogens with one attached hydrogen (secondary N) is 1. The summed E-state index contributed by atoms with van der Waals surface area (Å²) in [7, 11) is 0. The van der Waals surface area contributed by atoms with Crippen molar-refractivity contribution in [2.75, 3.05) is 6.54 Å². The summed E-state index contributed by atoms with van der Waals surface area (Å²) in [4.78, 5) is 16.7. The summed E-state index contributed by atoms with van der Waals surface area (Å²) in [5, 5.41) is 6.95. The average Bonchev–Trinajstić information content (AvgIpc) is 3.19. The van der Waals surface area contributed by atoms with Gasteiger partial charge in [-0.25, -0.2) is 0 Å². The van der Waals surface area contributed by atoms with Gasteiger partial charge in [0.05, 0.1) is 0 Å². The van der Waals surface area contributed by atoms with Gasteiger partial charge in [-0.1, -0.05) is 31.3 Å². The summed E-state index contributed by atoms with van der Waals surface area (Å²) in [6.07, 6.45) is 6.72. The Bertz CT molecular complexity index is 729. The van der Waals surface area contributed by atoms with Crippen molar-refractivity contribution in [3.05, 3.63) is 41.5 Å². The Morgan fingerprint density at radius 3 is 2.61 bits per heavy atom. The summed E-state index contributed by atoms with van der Waals surface area (Å²) in [6.45, 7) is 2.65. The maximum absolute atomic E-state index is 12.5. The van der Waals surface area contributed by atoms with E-state index in [1.807, 2.05) is 6.92 Å². The van der Waals surface area contributed by atoms with E-state index in [0.29, 0.717) is 41.9 Å². The highest BCUT2D eigenvalue weighted by Crippen LogP contribution is 2.26.